The van der Waals surface area contributed by atoms with Crippen LogP contribution >= 0.6 is 0 Å². The van der Waals surface area contributed by atoms with Crippen molar-refractivity contribution in [1.82, 2.24) is 29.2 Å². The largest absolute Gasteiger partial charge is 0.335 e. The molecule has 1 fully saturated rings. The second-order valence-electron chi connectivity index (χ2n) is 7.38. The highest BCUT2D eigenvalue weighted by Gasteiger charge is 2.32. The summed E-state index contributed by atoms with van der Waals surface area (Å²) >= 11 is 0. The highest BCUT2D eigenvalue weighted by molar-refractivity contribution is 5.92. The van der Waals surface area contributed by atoms with Crippen molar-refractivity contribution in [2.24, 2.45) is 0 Å². The van der Waals surface area contributed by atoms with Crippen LogP contribution in [0.4, 0.5) is 4.39 Å². The Kier molecular flexibility index (Phi) is 4.54. The van der Waals surface area contributed by atoms with E-state index in [-0.39, 0.29) is 17.8 Å². The van der Waals surface area contributed by atoms with E-state index in [0.29, 0.717) is 25.3 Å². The van der Waals surface area contributed by atoms with E-state index in [1.54, 1.807) is 35.3 Å². The molecule has 1 aromatic carbocycles. The third-order valence-electron chi connectivity index (χ3n) is 5.60. The first kappa shape index (κ1) is 18.5. The van der Waals surface area contributed by atoms with Crippen LogP contribution in [0, 0.1) is 5.82 Å². The second-order valence-corrected chi connectivity index (χ2v) is 7.38. The van der Waals surface area contributed by atoms with E-state index < -0.39 is 0 Å². The molecular weight excluding hydrogens is 383 g/mol. The molecule has 1 amide bonds. The fraction of sp³-hybridized carbons (Fsp3) is 0.273. The van der Waals surface area contributed by atoms with Gasteiger partial charge < -0.3 is 9.47 Å². The molecule has 1 aliphatic rings. The van der Waals surface area contributed by atoms with Crippen LogP contribution in [0.15, 0.2) is 54.9 Å². The van der Waals surface area contributed by atoms with E-state index in [4.69, 9.17) is 4.98 Å². The predicted molar refractivity (Wildman–Crippen MR) is 110 cm³/mol. The number of nitrogens with zero attached hydrogens (tertiary/aromatic N) is 6. The molecule has 4 heterocycles. The lowest BCUT2D eigenvalue weighted by atomic mass is 10.2. The van der Waals surface area contributed by atoms with Gasteiger partial charge in [0.1, 0.15) is 22.9 Å². The standard InChI is InChI=1S/C22H21FN6O/c1-2-28-19(9-12-25-28)22(30)27-13-10-17(14-27)29-20(15-5-7-16(23)8-6-15)26-18-4-3-11-24-21(18)29/h3-9,11-12,17H,2,10,13-14H2,1H3/t17-/m1/s1. The van der Waals surface area contributed by atoms with Gasteiger partial charge in [0.2, 0.25) is 0 Å². The number of aromatic nitrogens is 5. The van der Waals surface area contributed by atoms with Crippen molar-refractivity contribution in [1.29, 1.82) is 0 Å². The van der Waals surface area contributed by atoms with Gasteiger partial charge in [0.25, 0.3) is 5.91 Å². The van der Waals surface area contributed by atoms with Gasteiger partial charge in [0, 0.05) is 37.6 Å². The number of fused-ring (bicyclic) bond motifs is 1. The van der Waals surface area contributed by atoms with Gasteiger partial charge in [-0.15, -0.1) is 0 Å². The summed E-state index contributed by atoms with van der Waals surface area (Å²) in [7, 11) is 0. The van der Waals surface area contributed by atoms with Gasteiger partial charge in [-0.2, -0.15) is 5.10 Å². The zero-order valence-electron chi connectivity index (χ0n) is 16.6. The maximum Gasteiger partial charge on any atom is 0.272 e. The fourth-order valence-electron chi connectivity index (χ4n) is 4.14. The Labute approximate surface area is 172 Å². The molecule has 0 unspecified atom stereocenters. The number of benzene rings is 1. The second kappa shape index (κ2) is 7.37. The summed E-state index contributed by atoms with van der Waals surface area (Å²) in [5.74, 6) is 0.434. The number of rotatable bonds is 4. The Hall–Kier alpha value is -3.55. The SMILES string of the molecule is CCn1nccc1C(=O)N1CC[C@@H](n2c(-c3ccc(F)cc3)nc3cccnc32)C1. The molecule has 0 saturated carbocycles. The number of pyridine rings is 1. The zero-order valence-corrected chi connectivity index (χ0v) is 16.6. The van der Waals surface area contributed by atoms with E-state index >= 15 is 0 Å². The average Bonchev–Trinajstić information content (AvgIpc) is 3.50. The maximum atomic E-state index is 13.5. The smallest absolute Gasteiger partial charge is 0.272 e. The molecule has 1 atom stereocenters. The average molecular weight is 404 g/mol. The van der Waals surface area contributed by atoms with E-state index in [9.17, 15) is 9.18 Å². The van der Waals surface area contributed by atoms with E-state index in [0.717, 1.165) is 29.0 Å². The minimum absolute atomic E-state index is 0.0161. The minimum atomic E-state index is -0.287. The zero-order chi connectivity index (χ0) is 20.7. The Balaban J connectivity index is 1.51. The Morgan fingerprint density at radius 3 is 2.80 bits per heavy atom. The number of hydrogen-bond acceptors (Lipinski definition) is 4. The van der Waals surface area contributed by atoms with Crippen LogP contribution in [-0.2, 0) is 6.54 Å². The molecule has 0 radical (unpaired) electrons. The first-order valence-corrected chi connectivity index (χ1v) is 10.1. The number of likely N-dealkylation sites (tertiary alicyclic amines) is 1. The molecule has 30 heavy (non-hydrogen) atoms. The van der Waals surface area contributed by atoms with E-state index in [2.05, 4.69) is 14.6 Å². The van der Waals surface area contributed by atoms with Crippen molar-refractivity contribution in [3.8, 4) is 11.4 Å². The van der Waals surface area contributed by atoms with Crippen LogP contribution in [0.25, 0.3) is 22.6 Å². The van der Waals surface area contributed by atoms with Crippen LogP contribution in [0.1, 0.15) is 29.9 Å². The van der Waals surface area contributed by atoms with Gasteiger partial charge in [-0.25, -0.2) is 14.4 Å². The lowest BCUT2D eigenvalue weighted by molar-refractivity contribution is 0.0775. The van der Waals surface area contributed by atoms with Gasteiger partial charge in [-0.3, -0.25) is 9.48 Å². The molecule has 0 bridgehead atoms. The minimum Gasteiger partial charge on any atom is -0.335 e. The molecule has 1 saturated heterocycles. The van der Waals surface area contributed by atoms with Crippen molar-refractivity contribution in [3.05, 3.63) is 66.4 Å². The summed E-state index contributed by atoms with van der Waals surface area (Å²) in [6.45, 7) is 3.82. The number of carbonyl (C=O) groups is 1. The van der Waals surface area contributed by atoms with Crippen LogP contribution in [0.5, 0.6) is 0 Å². The Morgan fingerprint density at radius 1 is 1.17 bits per heavy atom. The van der Waals surface area contributed by atoms with Gasteiger partial charge in [0.15, 0.2) is 5.65 Å². The lowest BCUT2D eigenvalue weighted by Gasteiger charge is -2.19. The third-order valence-corrected chi connectivity index (χ3v) is 5.60. The van der Waals surface area contributed by atoms with Gasteiger partial charge in [-0.1, -0.05) is 0 Å². The molecule has 3 aromatic heterocycles. The topological polar surface area (TPSA) is 68.8 Å². The molecule has 1 aliphatic heterocycles. The summed E-state index contributed by atoms with van der Waals surface area (Å²) in [6, 6.07) is 11.9. The van der Waals surface area contributed by atoms with Crippen LogP contribution < -0.4 is 0 Å². The number of halogens is 1. The van der Waals surface area contributed by atoms with Crippen LogP contribution in [0.2, 0.25) is 0 Å². The maximum absolute atomic E-state index is 13.5. The number of aryl methyl sites for hydroxylation is 1. The molecule has 0 N–H and O–H groups in total. The summed E-state index contributed by atoms with van der Waals surface area (Å²) in [6.07, 6.45) is 4.19. The number of hydrogen-bond donors (Lipinski definition) is 0. The first-order valence-electron chi connectivity index (χ1n) is 10.1. The molecular formula is C22H21FN6O. The third kappa shape index (κ3) is 3.04. The summed E-state index contributed by atoms with van der Waals surface area (Å²) < 4.78 is 17.3. The lowest BCUT2D eigenvalue weighted by Crippen LogP contribution is -2.31. The summed E-state index contributed by atoms with van der Waals surface area (Å²) in [5.41, 5.74) is 2.98. The van der Waals surface area contributed by atoms with Crippen molar-refractivity contribution in [3.63, 3.8) is 0 Å². The molecule has 0 aliphatic carbocycles. The molecule has 8 heteroatoms. The summed E-state index contributed by atoms with van der Waals surface area (Å²) in [5, 5.41) is 4.21. The van der Waals surface area contributed by atoms with Gasteiger partial charge in [0.05, 0.1) is 6.04 Å². The molecule has 4 aromatic rings. The van der Waals surface area contributed by atoms with Gasteiger partial charge in [-0.05, 0) is 55.8 Å². The van der Waals surface area contributed by atoms with Crippen LogP contribution in [-0.4, -0.2) is 48.2 Å². The first-order chi connectivity index (χ1) is 14.7. The van der Waals surface area contributed by atoms with Crippen molar-refractivity contribution in [2.75, 3.05) is 13.1 Å². The fourth-order valence-corrected chi connectivity index (χ4v) is 4.14. The van der Waals surface area contributed by atoms with E-state index in [1.165, 1.54) is 12.1 Å². The molecule has 7 nitrogen and oxygen atoms in total. The molecule has 152 valence electrons. The quantitative estimate of drug-likeness (QED) is 0.522. The number of carbonyl (C=O) groups excluding carboxylic acids is 1. The van der Waals surface area contributed by atoms with E-state index in [1.807, 2.05) is 24.0 Å². The monoisotopic (exact) mass is 404 g/mol. The Morgan fingerprint density at radius 2 is 2.00 bits per heavy atom. The Bertz CT molecular complexity index is 1210. The predicted octanol–water partition coefficient (Wildman–Crippen LogP) is 3.54. The van der Waals surface area contributed by atoms with Crippen molar-refractivity contribution in [2.45, 2.75) is 25.9 Å². The highest BCUT2D eigenvalue weighted by Crippen LogP contribution is 2.32. The van der Waals surface area contributed by atoms with Crippen LogP contribution in [0.3, 0.4) is 0 Å². The molecule has 5 rings (SSSR count). The van der Waals surface area contributed by atoms with Crippen molar-refractivity contribution >= 4 is 17.1 Å². The number of imidazole rings is 1. The number of amides is 1. The molecule has 0 spiro atoms. The van der Waals surface area contributed by atoms with Crippen molar-refractivity contribution < 1.29 is 9.18 Å². The highest BCUT2D eigenvalue weighted by atomic mass is 19.1. The normalized spacial score (nSPS) is 16.5. The summed E-state index contributed by atoms with van der Waals surface area (Å²) in [4.78, 5) is 24.2. The van der Waals surface area contributed by atoms with Gasteiger partial charge >= 0.3 is 0 Å².